The molecule has 1 fully saturated rings. The molecular formula is C17H20N4O5S. The lowest BCUT2D eigenvalue weighted by Crippen LogP contribution is -2.60. The first-order valence-electron chi connectivity index (χ1n) is 8.22. The van der Waals surface area contributed by atoms with Gasteiger partial charge >= 0.3 is 0 Å². The molecule has 2 heterocycles. The van der Waals surface area contributed by atoms with Gasteiger partial charge in [-0.3, -0.25) is 15.0 Å². The number of aromatic nitrogens is 1. The molecule has 1 aromatic heterocycles. The van der Waals surface area contributed by atoms with Crippen molar-refractivity contribution in [2.24, 2.45) is 0 Å². The van der Waals surface area contributed by atoms with Crippen LogP contribution in [0.4, 0.5) is 5.69 Å². The van der Waals surface area contributed by atoms with Crippen LogP contribution in [-0.4, -0.2) is 61.6 Å². The Labute approximate surface area is 157 Å². The Morgan fingerprint density at radius 2 is 2.00 bits per heavy atom. The van der Waals surface area contributed by atoms with Crippen molar-refractivity contribution in [3.63, 3.8) is 0 Å². The molecule has 9 nitrogen and oxygen atoms in total. The van der Waals surface area contributed by atoms with E-state index in [1.807, 2.05) is 11.0 Å². The number of piperazine rings is 1. The van der Waals surface area contributed by atoms with Crippen molar-refractivity contribution < 1.29 is 23.2 Å². The first kappa shape index (κ1) is 19.1. The number of sulfonamides is 1. The van der Waals surface area contributed by atoms with Gasteiger partial charge in [0.1, 0.15) is 11.8 Å². The maximum absolute atomic E-state index is 13.1. The third kappa shape index (κ3) is 3.87. The molecule has 2 N–H and O–H groups in total. The van der Waals surface area contributed by atoms with E-state index < -0.39 is 22.0 Å². The number of anilines is 1. The summed E-state index contributed by atoms with van der Waals surface area (Å²) in [6, 6.07) is 8.44. The van der Waals surface area contributed by atoms with E-state index in [0.717, 1.165) is 9.99 Å². The number of hydroxylamine groups is 1. The zero-order valence-corrected chi connectivity index (χ0v) is 15.5. The molecule has 2 aromatic rings. The summed E-state index contributed by atoms with van der Waals surface area (Å²) in [6.07, 6.45) is 3.27. The fourth-order valence-corrected chi connectivity index (χ4v) is 4.57. The molecule has 0 radical (unpaired) electrons. The van der Waals surface area contributed by atoms with Crippen molar-refractivity contribution in [1.82, 2.24) is 14.8 Å². The minimum Gasteiger partial charge on any atom is -0.497 e. The van der Waals surface area contributed by atoms with E-state index in [0.29, 0.717) is 12.3 Å². The zero-order valence-electron chi connectivity index (χ0n) is 14.6. The molecular weight excluding hydrogens is 372 g/mol. The second kappa shape index (κ2) is 7.91. The van der Waals surface area contributed by atoms with Crippen LogP contribution in [0.25, 0.3) is 0 Å². The molecule has 1 saturated heterocycles. The fraction of sp³-hybridized carbons (Fsp3) is 0.294. The summed E-state index contributed by atoms with van der Waals surface area (Å²) < 4.78 is 32.3. The topological polar surface area (TPSA) is 112 Å². The molecule has 0 aliphatic carbocycles. The largest absolute Gasteiger partial charge is 0.497 e. The van der Waals surface area contributed by atoms with E-state index in [-0.39, 0.29) is 18.0 Å². The van der Waals surface area contributed by atoms with Crippen molar-refractivity contribution >= 4 is 21.6 Å². The summed E-state index contributed by atoms with van der Waals surface area (Å²) in [5, 5.41) is 9.10. The van der Waals surface area contributed by atoms with Gasteiger partial charge in [0.2, 0.25) is 10.0 Å². The predicted molar refractivity (Wildman–Crippen MR) is 97.1 cm³/mol. The van der Waals surface area contributed by atoms with Gasteiger partial charge in [-0.15, -0.1) is 0 Å². The Hall–Kier alpha value is -2.69. The lowest BCUT2D eigenvalue weighted by atomic mass is 10.2. The van der Waals surface area contributed by atoms with Crippen LogP contribution in [-0.2, 0) is 14.8 Å². The number of pyridine rings is 1. The van der Waals surface area contributed by atoms with Gasteiger partial charge in [-0.05, 0) is 36.4 Å². The van der Waals surface area contributed by atoms with Crippen molar-refractivity contribution in [3.05, 3.63) is 48.8 Å². The molecule has 1 amide bonds. The number of carbonyl (C=O) groups is 1. The Morgan fingerprint density at radius 3 is 2.59 bits per heavy atom. The Kier molecular flexibility index (Phi) is 5.59. The lowest BCUT2D eigenvalue weighted by molar-refractivity contribution is -0.133. The highest BCUT2D eigenvalue weighted by Gasteiger charge is 2.40. The van der Waals surface area contributed by atoms with E-state index in [1.54, 1.807) is 36.1 Å². The van der Waals surface area contributed by atoms with Crippen LogP contribution >= 0.6 is 0 Å². The third-order valence-electron chi connectivity index (χ3n) is 4.42. The second-order valence-electron chi connectivity index (χ2n) is 5.94. The van der Waals surface area contributed by atoms with Crippen LogP contribution in [0.2, 0.25) is 0 Å². The maximum atomic E-state index is 13.1. The number of ether oxygens (including phenoxy) is 1. The van der Waals surface area contributed by atoms with Crippen molar-refractivity contribution in [2.75, 3.05) is 31.6 Å². The highest BCUT2D eigenvalue weighted by atomic mass is 32.2. The molecule has 3 rings (SSSR count). The van der Waals surface area contributed by atoms with Crippen LogP contribution in [0.1, 0.15) is 0 Å². The number of nitrogens with one attached hydrogen (secondary N) is 1. The number of hydrogen-bond acceptors (Lipinski definition) is 7. The number of nitrogens with zero attached hydrogens (tertiary/aromatic N) is 3. The molecule has 0 saturated carbocycles. The standard InChI is InChI=1S/C17H20N4O5S/c1-26-14-4-6-15(7-5-14)27(24,25)21-10-9-20(12-16(21)17(22)19-23)13-3-2-8-18-11-13/h2-8,11,16,23H,9-10,12H2,1H3,(H,19,22). The summed E-state index contributed by atoms with van der Waals surface area (Å²) in [5.41, 5.74) is 2.34. The first-order chi connectivity index (χ1) is 13.0. The van der Waals surface area contributed by atoms with Gasteiger partial charge in [-0.2, -0.15) is 4.31 Å². The van der Waals surface area contributed by atoms with Crippen LogP contribution < -0.4 is 15.1 Å². The average Bonchev–Trinajstić information content (AvgIpc) is 2.73. The van der Waals surface area contributed by atoms with Gasteiger partial charge in [0, 0.05) is 25.8 Å². The fourth-order valence-electron chi connectivity index (χ4n) is 3.00. The highest BCUT2D eigenvalue weighted by Crippen LogP contribution is 2.25. The molecule has 0 bridgehead atoms. The quantitative estimate of drug-likeness (QED) is 0.562. The molecule has 1 atom stereocenters. The minimum absolute atomic E-state index is 0.0499. The van der Waals surface area contributed by atoms with Crippen molar-refractivity contribution in [2.45, 2.75) is 10.9 Å². The highest BCUT2D eigenvalue weighted by molar-refractivity contribution is 7.89. The van der Waals surface area contributed by atoms with Crippen molar-refractivity contribution in [1.29, 1.82) is 0 Å². The van der Waals surface area contributed by atoms with Gasteiger partial charge in [-0.1, -0.05) is 0 Å². The number of hydrogen-bond donors (Lipinski definition) is 2. The van der Waals surface area contributed by atoms with Gasteiger partial charge in [0.15, 0.2) is 0 Å². The monoisotopic (exact) mass is 392 g/mol. The van der Waals surface area contributed by atoms with Crippen LogP contribution in [0, 0.1) is 0 Å². The number of carbonyl (C=O) groups excluding carboxylic acids is 1. The van der Waals surface area contributed by atoms with Crippen LogP contribution in [0.15, 0.2) is 53.7 Å². The number of amides is 1. The average molecular weight is 392 g/mol. The molecule has 10 heteroatoms. The number of benzene rings is 1. The molecule has 0 spiro atoms. The van der Waals surface area contributed by atoms with Crippen LogP contribution in [0.5, 0.6) is 5.75 Å². The van der Waals surface area contributed by atoms with Gasteiger partial charge < -0.3 is 9.64 Å². The normalized spacial score (nSPS) is 18.1. The van der Waals surface area contributed by atoms with E-state index in [4.69, 9.17) is 9.94 Å². The SMILES string of the molecule is COc1ccc(S(=O)(=O)N2CCN(c3cccnc3)CC2C(=O)NO)cc1. The summed E-state index contributed by atoms with van der Waals surface area (Å²) in [6.45, 7) is 0.561. The third-order valence-corrected chi connectivity index (χ3v) is 6.34. The van der Waals surface area contributed by atoms with Gasteiger partial charge in [0.25, 0.3) is 5.91 Å². The predicted octanol–water partition coefficient (Wildman–Crippen LogP) is 0.475. The second-order valence-corrected chi connectivity index (χ2v) is 7.83. The van der Waals surface area contributed by atoms with E-state index in [2.05, 4.69) is 4.98 Å². The Morgan fingerprint density at radius 1 is 1.26 bits per heavy atom. The molecule has 144 valence electrons. The number of methoxy groups -OCH3 is 1. The van der Waals surface area contributed by atoms with E-state index in [9.17, 15) is 13.2 Å². The maximum Gasteiger partial charge on any atom is 0.263 e. The Bertz CT molecular complexity index is 889. The summed E-state index contributed by atoms with van der Waals surface area (Å²) >= 11 is 0. The summed E-state index contributed by atoms with van der Waals surface area (Å²) in [5.74, 6) is -0.263. The molecule has 1 aromatic carbocycles. The minimum atomic E-state index is -3.93. The summed E-state index contributed by atoms with van der Waals surface area (Å²) in [7, 11) is -2.44. The smallest absolute Gasteiger partial charge is 0.263 e. The number of rotatable bonds is 5. The van der Waals surface area contributed by atoms with Crippen LogP contribution in [0.3, 0.4) is 0 Å². The first-order valence-corrected chi connectivity index (χ1v) is 9.66. The molecule has 1 aliphatic heterocycles. The molecule has 1 aliphatic rings. The lowest BCUT2D eigenvalue weighted by Gasteiger charge is -2.40. The Balaban J connectivity index is 1.90. The van der Waals surface area contributed by atoms with E-state index in [1.165, 1.54) is 19.2 Å². The van der Waals surface area contributed by atoms with Gasteiger partial charge in [-0.25, -0.2) is 13.9 Å². The molecule has 27 heavy (non-hydrogen) atoms. The zero-order chi connectivity index (χ0) is 19.4. The van der Waals surface area contributed by atoms with Gasteiger partial charge in [0.05, 0.1) is 23.9 Å². The van der Waals surface area contributed by atoms with Crippen molar-refractivity contribution in [3.8, 4) is 5.75 Å². The molecule has 1 unspecified atom stereocenters. The van der Waals surface area contributed by atoms with E-state index >= 15 is 0 Å². The summed E-state index contributed by atoms with van der Waals surface area (Å²) in [4.78, 5) is 18.2.